The summed E-state index contributed by atoms with van der Waals surface area (Å²) in [6, 6.07) is 0. The summed E-state index contributed by atoms with van der Waals surface area (Å²) in [5.74, 6) is 3.07. The van der Waals surface area contributed by atoms with Crippen molar-refractivity contribution in [3.05, 3.63) is 0 Å². The first-order chi connectivity index (χ1) is 11.9. The molecule has 0 spiro atoms. The van der Waals surface area contributed by atoms with Crippen LogP contribution < -0.4 is 5.73 Å². The number of aliphatic hydroxyl groups is 2. The molecule has 0 bridgehead atoms. The maximum atomic E-state index is 10.1. The van der Waals surface area contributed by atoms with Crippen LogP contribution in [0.5, 0.6) is 0 Å². The minimum Gasteiger partial charge on any atom is -0.396 e. The molecule has 0 saturated heterocycles. The third-order valence-corrected chi connectivity index (χ3v) is 9.12. The summed E-state index contributed by atoms with van der Waals surface area (Å²) in [6.45, 7) is 8.28. The lowest BCUT2D eigenvalue weighted by atomic mass is 9.48. The molecule has 25 heavy (non-hydrogen) atoms. The Labute approximate surface area is 154 Å². The first-order valence-electron chi connectivity index (χ1n) is 10.9. The van der Waals surface area contributed by atoms with Gasteiger partial charge in [-0.05, 0) is 91.9 Å². The Morgan fingerprint density at radius 3 is 2.24 bits per heavy atom. The van der Waals surface area contributed by atoms with E-state index in [1.54, 1.807) is 0 Å². The second-order valence-corrected chi connectivity index (χ2v) is 10.0. The van der Waals surface area contributed by atoms with E-state index in [-0.39, 0.29) is 24.0 Å². The summed E-state index contributed by atoms with van der Waals surface area (Å²) in [5.41, 5.74) is 7.02. The highest BCUT2D eigenvalue weighted by Crippen LogP contribution is 2.64. The molecule has 0 aromatic heterocycles. The van der Waals surface area contributed by atoms with Gasteiger partial charge >= 0.3 is 0 Å². The summed E-state index contributed by atoms with van der Waals surface area (Å²) in [6.07, 6.45) is 10.5. The van der Waals surface area contributed by atoms with E-state index in [4.69, 9.17) is 5.73 Å². The van der Waals surface area contributed by atoms with Crippen LogP contribution in [0.4, 0.5) is 0 Å². The van der Waals surface area contributed by atoms with Gasteiger partial charge in [-0.15, -0.1) is 0 Å². The number of rotatable bonds is 5. The molecule has 0 aliphatic heterocycles. The molecule has 4 N–H and O–H groups in total. The molecule has 146 valence electrons. The van der Waals surface area contributed by atoms with E-state index in [9.17, 15) is 10.2 Å². The van der Waals surface area contributed by atoms with Gasteiger partial charge in [0.25, 0.3) is 0 Å². The number of nitrogens with two attached hydrogens (primary N) is 1. The quantitative estimate of drug-likeness (QED) is 0.702. The first-order valence-corrected chi connectivity index (χ1v) is 10.9. The van der Waals surface area contributed by atoms with Crippen molar-refractivity contribution in [1.29, 1.82) is 0 Å². The topological polar surface area (TPSA) is 66.5 Å². The van der Waals surface area contributed by atoms with Crippen molar-refractivity contribution in [2.45, 2.75) is 84.7 Å². The van der Waals surface area contributed by atoms with Crippen molar-refractivity contribution in [2.75, 3.05) is 13.2 Å². The Morgan fingerprint density at radius 1 is 0.960 bits per heavy atom. The summed E-state index contributed by atoms with van der Waals surface area (Å²) in [5, 5.41) is 20.2. The predicted octanol–water partition coefficient (Wildman–Crippen LogP) is 3.96. The molecular formula is C22H41NO2. The SMILES string of the molecule is CCC[C@H]1CC[C@H]2[C@H](CN)[C@@H]([C@@]3(C)CC[C@H](O)C[C@@H]3CO)CC[C@]12C. The van der Waals surface area contributed by atoms with Crippen molar-refractivity contribution in [2.24, 2.45) is 46.2 Å². The highest BCUT2D eigenvalue weighted by atomic mass is 16.3. The molecule has 3 fully saturated rings. The number of hydrogen-bond acceptors (Lipinski definition) is 3. The van der Waals surface area contributed by atoms with Gasteiger partial charge in [-0.25, -0.2) is 0 Å². The lowest BCUT2D eigenvalue weighted by Crippen LogP contribution is -2.53. The highest BCUT2D eigenvalue weighted by molar-refractivity contribution is 5.07. The third kappa shape index (κ3) is 3.19. The van der Waals surface area contributed by atoms with Crippen LogP contribution >= 0.6 is 0 Å². The molecule has 3 aliphatic carbocycles. The first kappa shape index (κ1) is 19.6. The van der Waals surface area contributed by atoms with E-state index in [0.29, 0.717) is 17.3 Å². The van der Waals surface area contributed by atoms with Crippen LogP contribution in [0.2, 0.25) is 0 Å². The lowest BCUT2D eigenvalue weighted by molar-refractivity contribution is -0.102. The normalized spacial score (nSPS) is 50.6. The van der Waals surface area contributed by atoms with E-state index in [1.807, 2.05) is 0 Å². The van der Waals surface area contributed by atoms with Crippen LogP contribution in [0.3, 0.4) is 0 Å². The standard InChI is InChI=1S/C22H41NO2/c1-4-5-15-6-7-19-18(13-23)20(9-11-21(15,19)2)22(3)10-8-17(25)12-16(22)14-24/h15-20,24-25H,4-14,23H2,1-3H3/t15-,16+,17-,18-,19-,20-,21+,22-/m0/s1. The van der Waals surface area contributed by atoms with Gasteiger partial charge in [0.05, 0.1) is 6.10 Å². The highest BCUT2D eigenvalue weighted by Gasteiger charge is 2.57. The molecule has 0 unspecified atom stereocenters. The molecule has 3 heteroatoms. The van der Waals surface area contributed by atoms with E-state index in [0.717, 1.165) is 37.6 Å². The maximum Gasteiger partial charge on any atom is 0.0544 e. The van der Waals surface area contributed by atoms with E-state index < -0.39 is 0 Å². The molecule has 0 aromatic rings. The summed E-state index contributed by atoms with van der Waals surface area (Å²) >= 11 is 0. The molecule has 3 rings (SSSR count). The molecule has 3 aliphatic rings. The van der Waals surface area contributed by atoms with Gasteiger partial charge in [0.1, 0.15) is 0 Å². The van der Waals surface area contributed by atoms with Crippen LogP contribution in [0, 0.1) is 40.4 Å². The van der Waals surface area contributed by atoms with Gasteiger partial charge in [-0.3, -0.25) is 0 Å². The fourth-order valence-electron chi connectivity index (χ4n) is 7.53. The van der Waals surface area contributed by atoms with Crippen LogP contribution in [0.25, 0.3) is 0 Å². The molecule has 0 aromatic carbocycles. The lowest BCUT2D eigenvalue weighted by Gasteiger charge is -2.57. The minimum atomic E-state index is -0.226. The van der Waals surface area contributed by atoms with Crippen molar-refractivity contribution in [3.8, 4) is 0 Å². The van der Waals surface area contributed by atoms with Crippen molar-refractivity contribution < 1.29 is 10.2 Å². The van der Waals surface area contributed by atoms with Crippen LogP contribution in [-0.2, 0) is 0 Å². The Morgan fingerprint density at radius 2 is 1.60 bits per heavy atom. The van der Waals surface area contributed by atoms with Crippen LogP contribution in [-0.4, -0.2) is 29.5 Å². The van der Waals surface area contributed by atoms with Crippen molar-refractivity contribution in [3.63, 3.8) is 0 Å². The van der Waals surface area contributed by atoms with E-state index in [1.165, 1.54) is 38.5 Å². The average Bonchev–Trinajstić information content (AvgIpc) is 2.93. The largest absolute Gasteiger partial charge is 0.396 e. The second kappa shape index (κ2) is 7.48. The van der Waals surface area contributed by atoms with E-state index >= 15 is 0 Å². The molecule has 8 atom stereocenters. The van der Waals surface area contributed by atoms with Gasteiger partial charge in [0, 0.05) is 6.61 Å². The maximum absolute atomic E-state index is 10.1. The number of aliphatic hydroxyl groups excluding tert-OH is 2. The summed E-state index contributed by atoms with van der Waals surface area (Å²) in [7, 11) is 0. The Bertz CT molecular complexity index is 455. The molecule has 0 amide bonds. The van der Waals surface area contributed by atoms with Gasteiger partial charge in [0.2, 0.25) is 0 Å². The number of hydrogen-bond donors (Lipinski definition) is 3. The van der Waals surface area contributed by atoms with Crippen molar-refractivity contribution in [1.82, 2.24) is 0 Å². The minimum absolute atomic E-state index is 0.141. The summed E-state index contributed by atoms with van der Waals surface area (Å²) in [4.78, 5) is 0. The molecule has 0 heterocycles. The zero-order valence-corrected chi connectivity index (χ0v) is 16.7. The predicted molar refractivity (Wildman–Crippen MR) is 103 cm³/mol. The Kier molecular flexibility index (Phi) is 5.88. The number of fused-ring (bicyclic) bond motifs is 1. The smallest absolute Gasteiger partial charge is 0.0544 e. The Balaban J connectivity index is 1.84. The van der Waals surface area contributed by atoms with Gasteiger partial charge in [-0.1, -0.05) is 33.6 Å². The average molecular weight is 352 g/mol. The molecule has 3 nitrogen and oxygen atoms in total. The zero-order valence-electron chi connectivity index (χ0n) is 16.7. The fraction of sp³-hybridized carbons (Fsp3) is 1.00. The Hall–Kier alpha value is -0.120. The van der Waals surface area contributed by atoms with Gasteiger partial charge < -0.3 is 15.9 Å². The monoisotopic (exact) mass is 351 g/mol. The van der Waals surface area contributed by atoms with Gasteiger partial charge in [-0.2, -0.15) is 0 Å². The van der Waals surface area contributed by atoms with Crippen LogP contribution in [0.15, 0.2) is 0 Å². The molecular weight excluding hydrogens is 310 g/mol. The van der Waals surface area contributed by atoms with Gasteiger partial charge in [0.15, 0.2) is 0 Å². The molecule has 3 saturated carbocycles. The summed E-state index contributed by atoms with van der Waals surface area (Å²) < 4.78 is 0. The van der Waals surface area contributed by atoms with E-state index in [2.05, 4.69) is 20.8 Å². The second-order valence-electron chi connectivity index (χ2n) is 10.0. The van der Waals surface area contributed by atoms with Crippen molar-refractivity contribution >= 4 is 0 Å². The molecule has 0 radical (unpaired) electrons. The third-order valence-electron chi connectivity index (χ3n) is 9.12. The zero-order chi connectivity index (χ0) is 18.2. The van der Waals surface area contributed by atoms with Crippen LogP contribution in [0.1, 0.15) is 78.6 Å². The fourth-order valence-corrected chi connectivity index (χ4v) is 7.53.